The average Bonchev–Trinajstić information content (AvgIpc) is 2.21. The lowest BCUT2D eigenvalue weighted by Gasteiger charge is -2.10. The largest absolute Gasteiger partial charge is 0.337 e. The second kappa shape index (κ2) is 5.83. The average molecular weight is 247 g/mol. The molecule has 82 valence electrons. The SMILES string of the molecule is Cc1cccc(Cl)c1NC(=O)NCCCl. The molecule has 2 amide bonds. The molecule has 1 aromatic carbocycles. The highest BCUT2D eigenvalue weighted by Gasteiger charge is 2.06. The van der Waals surface area contributed by atoms with Gasteiger partial charge in [0.2, 0.25) is 0 Å². The molecular formula is C10H12Cl2N2O. The topological polar surface area (TPSA) is 41.1 Å². The molecule has 0 saturated heterocycles. The summed E-state index contributed by atoms with van der Waals surface area (Å²) in [7, 11) is 0. The zero-order chi connectivity index (χ0) is 11.3. The van der Waals surface area contributed by atoms with Gasteiger partial charge in [-0.3, -0.25) is 0 Å². The lowest BCUT2D eigenvalue weighted by atomic mass is 10.2. The maximum atomic E-state index is 11.3. The quantitative estimate of drug-likeness (QED) is 0.792. The number of urea groups is 1. The fourth-order valence-corrected chi connectivity index (χ4v) is 1.47. The van der Waals surface area contributed by atoms with Crippen molar-refractivity contribution in [2.24, 2.45) is 0 Å². The third-order valence-corrected chi connectivity index (χ3v) is 2.34. The second-order valence-corrected chi connectivity index (χ2v) is 3.79. The Morgan fingerprint density at radius 3 is 2.80 bits per heavy atom. The van der Waals surface area contributed by atoms with Crippen molar-refractivity contribution >= 4 is 34.9 Å². The second-order valence-electron chi connectivity index (χ2n) is 3.00. The molecule has 3 nitrogen and oxygen atoms in total. The van der Waals surface area contributed by atoms with Crippen LogP contribution in [-0.2, 0) is 0 Å². The van der Waals surface area contributed by atoms with Crippen LogP contribution in [-0.4, -0.2) is 18.5 Å². The first-order valence-corrected chi connectivity index (χ1v) is 5.42. The van der Waals surface area contributed by atoms with Crippen LogP contribution in [0.1, 0.15) is 5.56 Å². The zero-order valence-electron chi connectivity index (χ0n) is 8.31. The summed E-state index contributed by atoms with van der Waals surface area (Å²) in [6.45, 7) is 2.31. The van der Waals surface area contributed by atoms with Crippen molar-refractivity contribution in [1.82, 2.24) is 5.32 Å². The highest BCUT2D eigenvalue weighted by molar-refractivity contribution is 6.33. The maximum absolute atomic E-state index is 11.3. The lowest BCUT2D eigenvalue weighted by Crippen LogP contribution is -2.30. The lowest BCUT2D eigenvalue weighted by molar-refractivity contribution is 0.252. The Labute approximate surface area is 98.8 Å². The van der Waals surface area contributed by atoms with Crippen molar-refractivity contribution in [3.63, 3.8) is 0 Å². The van der Waals surface area contributed by atoms with Gasteiger partial charge in [-0.2, -0.15) is 0 Å². The Morgan fingerprint density at radius 2 is 2.20 bits per heavy atom. The molecule has 0 heterocycles. The van der Waals surface area contributed by atoms with Crippen LogP contribution in [0.5, 0.6) is 0 Å². The fraction of sp³-hybridized carbons (Fsp3) is 0.300. The van der Waals surface area contributed by atoms with Crippen LogP contribution in [0.25, 0.3) is 0 Å². The summed E-state index contributed by atoms with van der Waals surface area (Å²) in [4.78, 5) is 11.3. The highest BCUT2D eigenvalue weighted by Crippen LogP contribution is 2.24. The molecule has 0 aliphatic rings. The number of rotatable bonds is 3. The van der Waals surface area contributed by atoms with Gasteiger partial charge >= 0.3 is 6.03 Å². The van der Waals surface area contributed by atoms with Gasteiger partial charge < -0.3 is 10.6 Å². The Morgan fingerprint density at radius 1 is 1.47 bits per heavy atom. The predicted octanol–water partition coefficient (Wildman–Crippen LogP) is 3.01. The summed E-state index contributed by atoms with van der Waals surface area (Å²) < 4.78 is 0. The minimum Gasteiger partial charge on any atom is -0.337 e. The minimum absolute atomic E-state index is 0.299. The monoisotopic (exact) mass is 246 g/mol. The van der Waals surface area contributed by atoms with E-state index in [1.165, 1.54) is 0 Å². The van der Waals surface area contributed by atoms with Gasteiger partial charge in [-0.1, -0.05) is 23.7 Å². The van der Waals surface area contributed by atoms with Crippen LogP contribution in [0, 0.1) is 6.92 Å². The highest BCUT2D eigenvalue weighted by atomic mass is 35.5. The fourth-order valence-electron chi connectivity index (χ4n) is 1.11. The molecule has 0 aliphatic carbocycles. The van der Waals surface area contributed by atoms with Gasteiger partial charge in [-0.15, -0.1) is 11.6 Å². The van der Waals surface area contributed by atoms with Crippen LogP contribution in [0.4, 0.5) is 10.5 Å². The third-order valence-electron chi connectivity index (χ3n) is 1.84. The molecule has 0 fully saturated rings. The van der Waals surface area contributed by atoms with Gasteiger partial charge in [-0.25, -0.2) is 4.79 Å². The van der Waals surface area contributed by atoms with Crippen LogP contribution >= 0.6 is 23.2 Å². The first-order valence-electron chi connectivity index (χ1n) is 4.51. The van der Waals surface area contributed by atoms with Crippen molar-refractivity contribution in [2.45, 2.75) is 6.92 Å². The molecule has 0 bridgehead atoms. The van der Waals surface area contributed by atoms with E-state index in [2.05, 4.69) is 10.6 Å². The molecule has 0 radical (unpaired) electrons. The number of carbonyl (C=O) groups excluding carboxylic acids is 1. The molecule has 0 unspecified atom stereocenters. The Bertz CT molecular complexity index is 335. The third kappa shape index (κ3) is 3.61. The van der Waals surface area contributed by atoms with E-state index >= 15 is 0 Å². The zero-order valence-corrected chi connectivity index (χ0v) is 9.82. The van der Waals surface area contributed by atoms with Gasteiger partial charge in [0.15, 0.2) is 0 Å². The van der Waals surface area contributed by atoms with E-state index in [9.17, 15) is 4.79 Å². The van der Waals surface area contributed by atoms with Crippen LogP contribution in [0.15, 0.2) is 18.2 Å². The number of hydrogen-bond acceptors (Lipinski definition) is 1. The van der Waals surface area contributed by atoms with Crippen LogP contribution in [0.3, 0.4) is 0 Å². The number of aryl methyl sites for hydroxylation is 1. The number of halogens is 2. The van der Waals surface area contributed by atoms with E-state index in [1.807, 2.05) is 19.1 Å². The van der Waals surface area contributed by atoms with Crippen LogP contribution in [0.2, 0.25) is 5.02 Å². The minimum atomic E-state index is -0.299. The summed E-state index contributed by atoms with van der Waals surface area (Å²) in [6, 6.07) is 5.14. The molecule has 0 spiro atoms. The Balaban J connectivity index is 2.68. The standard InChI is InChI=1S/C10H12Cl2N2O/c1-7-3-2-4-8(12)9(7)14-10(15)13-6-5-11/h2-4H,5-6H2,1H3,(H2,13,14,15). The molecule has 0 aliphatic heterocycles. The van der Waals surface area contributed by atoms with E-state index in [4.69, 9.17) is 23.2 Å². The molecule has 0 aromatic heterocycles. The van der Waals surface area contributed by atoms with Crippen molar-refractivity contribution in [3.05, 3.63) is 28.8 Å². The Hall–Kier alpha value is -0.930. The maximum Gasteiger partial charge on any atom is 0.319 e. The van der Waals surface area contributed by atoms with Gasteiger partial charge in [0, 0.05) is 12.4 Å². The summed E-state index contributed by atoms with van der Waals surface area (Å²) in [5, 5.41) is 5.79. The first kappa shape index (κ1) is 12.1. The first-order chi connectivity index (χ1) is 7.15. The number of amides is 2. The molecule has 2 N–H and O–H groups in total. The molecule has 1 rings (SSSR count). The Kier molecular flexibility index (Phi) is 4.72. The molecule has 5 heteroatoms. The van der Waals surface area contributed by atoms with Crippen molar-refractivity contribution < 1.29 is 4.79 Å². The molecular weight excluding hydrogens is 235 g/mol. The van der Waals surface area contributed by atoms with Gasteiger partial charge in [0.05, 0.1) is 10.7 Å². The van der Waals surface area contributed by atoms with Crippen molar-refractivity contribution in [1.29, 1.82) is 0 Å². The number of hydrogen-bond donors (Lipinski definition) is 2. The number of alkyl halides is 1. The molecule has 1 aromatic rings. The number of benzene rings is 1. The van der Waals surface area contributed by atoms with Gasteiger partial charge in [0.25, 0.3) is 0 Å². The molecule has 15 heavy (non-hydrogen) atoms. The number of para-hydroxylation sites is 1. The number of carbonyl (C=O) groups is 1. The van der Waals surface area contributed by atoms with Gasteiger partial charge in [0.1, 0.15) is 0 Å². The van der Waals surface area contributed by atoms with Crippen molar-refractivity contribution in [2.75, 3.05) is 17.7 Å². The smallest absolute Gasteiger partial charge is 0.319 e. The summed E-state index contributed by atoms with van der Waals surface area (Å²) in [5.41, 5.74) is 1.55. The van der Waals surface area contributed by atoms with Gasteiger partial charge in [-0.05, 0) is 18.6 Å². The van der Waals surface area contributed by atoms with E-state index in [1.54, 1.807) is 6.07 Å². The van der Waals surface area contributed by atoms with E-state index in [0.717, 1.165) is 5.56 Å². The summed E-state index contributed by atoms with van der Waals surface area (Å²) in [5.74, 6) is 0.384. The number of nitrogens with one attached hydrogen (secondary N) is 2. The van der Waals surface area contributed by atoms with E-state index in [-0.39, 0.29) is 6.03 Å². The number of anilines is 1. The van der Waals surface area contributed by atoms with Crippen LogP contribution < -0.4 is 10.6 Å². The van der Waals surface area contributed by atoms with E-state index < -0.39 is 0 Å². The van der Waals surface area contributed by atoms with Crippen molar-refractivity contribution in [3.8, 4) is 0 Å². The summed E-state index contributed by atoms with van der Waals surface area (Å²) in [6.07, 6.45) is 0. The molecule has 0 atom stereocenters. The predicted molar refractivity (Wildman–Crippen MR) is 63.9 cm³/mol. The van der Waals surface area contributed by atoms with E-state index in [0.29, 0.717) is 23.1 Å². The molecule has 0 saturated carbocycles. The normalized spacial score (nSPS) is 9.80. The summed E-state index contributed by atoms with van der Waals surface area (Å²) >= 11 is 11.4.